The van der Waals surface area contributed by atoms with E-state index in [9.17, 15) is 0 Å². The van der Waals surface area contributed by atoms with Crippen LogP contribution in [0, 0.1) is 0 Å². The van der Waals surface area contributed by atoms with Crippen molar-refractivity contribution in [1.82, 2.24) is 19.9 Å². The molecular weight excluding hydrogens is 731 g/mol. The standard InChI is InChI=1S/C55H39N5/c1-55(2)46-26-14-13-23-40(46)43-32-44-45(33-47(43)55)50(42-25-12-11-24-41(42)49(44)36-18-5-3-6-19-36)53-56-34-57-54(58-53)52-51(38-29-28-35-17-9-10-20-37(35)31-38)59-30-16-15-27-48(59)60(52)39-21-7-4-8-22-39/h3-29,31-34H,30H2,1-2H3. The van der Waals surface area contributed by atoms with Crippen LogP contribution in [-0.2, 0) is 5.41 Å². The van der Waals surface area contributed by atoms with E-state index in [0.717, 1.165) is 56.7 Å². The van der Waals surface area contributed by atoms with E-state index in [1.165, 1.54) is 49.5 Å². The third kappa shape index (κ3) is 5.09. The minimum absolute atomic E-state index is 0.188. The largest absolute Gasteiger partial charge is 0.321 e. The molecule has 60 heavy (non-hydrogen) atoms. The molecule has 1 aromatic heterocycles. The molecule has 5 nitrogen and oxygen atoms in total. The second-order valence-electron chi connectivity index (χ2n) is 16.4. The molecule has 3 aliphatic rings. The highest BCUT2D eigenvalue weighted by molar-refractivity contribution is 6.22. The van der Waals surface area contributed by atoms with Crippen LogP contribution < -0.4 is 4.90 Å². The average Bonchev–Trinajstić information content (AvgIpc) is 3.76. The van der Waals surface area contributed by atoms with Crippen molar-refractivity contribution in [2.24, 2.45) is 0 Å². The van der Waals surface area contributed by atoms with Gasteiger partial charge < -0.3 is 4.90 Å². The minimum Gasteiger partial charge on any atom is -0.321 e. The van der Waals surface area contributed by atoms with Crippen molar-refractivity contribution >= 4 is 49.4 Å². The van der Waals surface area contributed by atoms with Crippen molar-refractivity contribution < 1.29 is 0 Å². The van der Waals surface area contributed by atoms with Crippen LogP contribution in [0.15, 0.2) is 194 Å². The number of rotatable bonds is 5. The molecule has 0 N–H and O–H groups in total. The van der Waals surface area contributed by atoms with Crippen LogP contribution in [0.25, 0.3) is 77.4 Å². The zero-order valence-electron chi connectivity index (χ0n) is 33.3. The predicted octanol–water partition coefficient (Wildman–Crippen LogP) is 13.0. The molecule has 2 aliphatic heterocycles. The van der Waals surface area contributed by atoms with Crippen LogP contribution in [0.2, 0.25) is 0 Å². The fourth-order valence-corrected chi connectivity index (χ4v) is 9.98. The normalized spacial score (nSPS) is 15.1. The molecule has 8 aromatic carbocycles. The summed E-state index contributed by atoms with van der Waals surface area (Å²) in [5.74, 6) is 2.31. The van der Waals surface area contributed by atoms with Gasteiger partial charge in [-0.2, -0.15) is 0 Å². The molecule has 0 spiro atoms. The number of fused-ring (bicyclic) bond motifs is 7. The van der Waals surface area contributed by atoms with E-state index in [2.05, 4.69) is 206 Å². The van der Waals surface area contributed by atoms with Gasteiger partial charge in [0, 0.05) is 28.8 Å². The fourth-order valence-electron chi connectivity index (χ4n) is 9.98. The van der Waals surface area contributed by atoms with Crippen LogP contribution in [0.4, 0.5) is 5.69 Å². The highest BCUT2D eigenvalue weighted by Gasteiger charge is 2.39. The van der Waals surface area contributed by atoms with Crippen molar-refractivity contribution in [2.75, 3.05) is 11.4 Å². The Morgan fingerprint density at radius 3 is 2.03 bits per heavy atom. The van der Waals surface area contributed by atoms with E-state index in [-0.39, 0.29) is 5.41 Å². The van der Waals surface area contributed by atoms with Crippen molar-refractivity contribution in [3.8, 4) is 33.6 Å². The molecule has 0 bridgehead atoms. The number of anilines is 1. The molecule has 0 saturated carbocycles. The van der Waals surface area contributed by atoms with Gasteiger partial charge in [-0.3, -0.25) is 4.90 Å². The summed E-state index contributed by atoms with van der Waals surface area (Å²) in [5, 5.41) is 6.96. The Bertz CT molecular complexity index is 3320. The third-order valence-electron chi connectivity index (χ3n) is 12.7. The van der Waals surface area contributed by atoms with Crippen molar-refractivity contribution in [2.45, 2.75) is 19.3 Å². The molecule has 5 heteroatoms. The quantitative estimate of drug-likeness (QED) is 0.163. The number of aromatic nitrogens is 3. The topological polar surface area (TPSA) is 45.2 Å². The van der Waals surface area contributed by atoms with E-state index in [1.807, 2.05) is 0 Å². The number of nitrogens with zero attached hydrogens (tertiary/aromatic N) is 5. The molecular formula is C55H39N5. The Balaban J connectivity index is 1.16. The Labute approximate surface area is 349 Å². The molecule has 9 aromatic rings. The number of hydrogen-bond acceptors (Lipinski definition) is 5. The highest BCUT2D eigenvalue weighted by atomic mass is 15.4. The van der Waals surface area contributed by atoms with Crippen molar-refractivity contribution in [3.05, 3.63) is 217 Å². The highest BCUT2D eigenvalue weighted by Crippen LogP contribution is 2.53. The van der Waals surface area contributed by atoms with Crippen LogP contribution in [-0.4, -0.2) is 26.4 Å². The van der Waals surface area contributed by atoms with Crippen LogP contribution in [0.3, 0.4) is 0 Å². The summed E-state index contributed by atoms with van der Waals surface area (Å²) in [6.07, 6.45) is 8.25. The summed E-state index contributed by atoms with van der Waals surface area (Å²) in [7, 11) is 0. The van der Waals surface area contributed by atoms with Crippen molar-refractivity contribution in [3.63, 3.8) is 0 Å². The lowest BCUT2D eigenvalue weighted by Gasteiger charge is -2.28. The second kappa shape index (κ2) is 13.2. The maximum absolute atomic E-state index is 5.57. The molecule has 0 saturated heterocycles. The van der Waals surface area contributed by atoms with Gasteiger partial charge in [0.2, 0.25) is 0 Å². The third-order valence-corrected chi connectivity index (χ3v) is 12.7. The molecule has 0 amide bonds. The lowest BCUT2D eigenvalue weighted by molar-refractivity contribution is 0.546. The molecule has 3 heterocycles. The lowest BCUT2D eigenvalue weighted by atomic mass is 9.80. The molecule has 12 rings (SSSR count). The summed E-state index contributed by atoms with van der Waals surface area (Å²) in [4.78, 5) is 20.4. The summed E-state index contributed by atoms with van der Waals surface area (Å²) in [5.41, 5.74) is 12.6. The lowest BCUT2D eigenvalue weighted by Crippen LogP contribution is -2.27. The molecule has 0 radical (unpaired) electrons. The molecule has 1 aliphatic carbocycles. The summed E-state index contributed by atoms with van der Waals surface area (Å²) in [6, 6.07) is 59.2. The van der Waals surface area contributed by atoms with Gasteiger partial charge in [0.15, 0.2) is 11.6 Å². The first-order valence-electron chi connectivity index (χ1n) is 20.7. The van der Waals surface area contributed by atoms with E-state index >= 15 is 0 Å². The first kappa shape index (κ1) is 34.4. The van der Waals surface area contributed by atoms with Crippen LogP contribution in [0.1, 0.15) is 36.4 Å². The summed E-state index contributed by atoms with van der Waals surface area (Å²) < 4.78 is 0. The van der Waals surface area contributed by atoms with Gasteiger partial charge in [0.05, 0.1) is 5.70 Å². The Hall–Kier alpha value is -7.63. The van der Waals surface area contributed by atoms with Gasteiger partial charge in [0.1, 0.15) is 17.8 Å². The van der Waals surface area contributed by atoms with Crippen LogP contribution >= 0.6 is 0 Å². The molecule has 284 valence electrons. The van der Waals surface area contributed by atoms with E-state index in [4.69, 9.17) is 15.0 Å². The van der Waals surface area contributed by atoms with Crippen LogP contribution in [0.5, 0.6) is 0 Å². The van der Waals surface area contributed by atoms with Gasteiger partial charge in [-0.15, -0.1) is 0 Å². The van der Waals surface area contributed by atoms with Gasteiger partial charge in [-0.1, -0.05) is 159 Å². The SMILES string of the molecule is CC1(C)c2ccccc2-c2cc3c(-c4ccccc4)c4ccccc4c(-c4ncnc(C5=C(c6ccc7ccccc7c6)N6CC=CC=C6N5c5ccccc5)n4)c3cc21. The monoisotopic (exact) mass is 769 g/mol. The predicted molar refractivity (Wildman–Crippen MR) is 247 cm³/mol. The van der Waals surface area contributed by atoms with Gasteiger partial charge >= 0.3 is 0 Å². The molecule has 0 fully saturated rings. The Morgan fingerprint density at radius 1 is 0.517 bits per heavy atom. The maximum atomic E-state index is 5.57. The Kier molecular flexibility index (Phi) is 7.57. The first-order valence-corrected chi connectivity index (χ1v) is 20.7. The van der Waals surface area contributed by atoms with Gasteiger partial charge in [-0.25, -0.2) is 15.0 Å². The smallest absolute Gasteiger partial charge is 0.182 e. The summed E-state index contributed by atoms with van der Waals surface area (Å²) >= 11 is 0. The number of allylic oxidation sites excluding steroid dienone is 2. The fraction of sp³-hybridized carbons (Fsp3) is 0.0727. The number of benzene rings is 8. The number of hydrogen-bond donors (Lipinski definition) is 0. The van der Waals surface area contributed by atoms with E-state index in [0.29, 0.717) is 11.6 Å². The summed E-state index contributed by atoms with van der Waals surface area (Å²) in [6.45, 7) is 5.42. The van der Waals surface area contributed by atoms with Gasteiger partial charge in [0.25, 0.3) is 0 Å². The first-order chi connectivity index (χ1) is 29.5. The van der Waals surface area contributed by atoms with Crippen molar-refractivity contribution in [1.29, 1.82) is 0 Å². The minimum atomic E-state index is -0.188. The zero-order valence-corrected chi connectivity index (χ0v) is 33.3. The average molecular weight is 770 g/mol. The molecule has 0 atom stereocenters. The second-order valence-corrected chi connectivity index (χ2v) is 16.4. The van der Waals surface area contributed by atoms with E-state index in [1.54, 1.807) is 6.33 Å². The van der Waals surface area contributed by atoms with Gasteiger partial charge in [-0.05, 0) is 102 Å². The Morgan fingerprint density at radius 2 is 1.20 bits per heavy atom. The maximum Gasteiger partial charge on any atom is 0.182 e. The molecule has 0 unspecified atom stereocenters. The van der Waals surface area contributed by atoms with E-state index < -0.39 is 0 Å². The number of para-hydroxylation sites is 1. The zero-order chi connectivity index (χ0) is 40.0.